The van der Waals surface area contributed by atoms with Gasteiger partial charge in [0.05, 0.1) is 12.2 Å². The van der Waals surface area contributed by atoms with Crippen molar-refractivity contribution in [1.29, 1.82) is 0 Å². The predicted octanol–water partition coefficient (Wildman–Crippen LogP) is 2.58. The Labute approximate surface area is 93.7 Å². The molecular formula is C13H26O2. The normalized spacial score (nSPS) is 35.2. The summed E-state index contributed by atoms with van der Waals surface area (Å²) in [6, 6.07) is 0. The maximum Gasteiger partial charge on any atom is 0.0569 e. The smallest absolute Gasteiger partial charge is 0.0569 e. The maximum absolute atomic E-state index is 9.89. The van der Waals surface area contributed by atoms with E-state index in [1.165, 1.54) is 0 Å². The van der Waals surface area contributed by atoms with Gasteiger partial charge in [-0.05, 0) is 49.9 Å². The van der Waals surface area contributed by atoms with Gasteiger partial charge < -0.3 is 10.2 Å². The highest BCUT2D eigenvalue weighted by atomic mass is 16.3. The first-order chi connectivity index (χ1) is 6.80. The largest absolute Gasteiger partial charge is 0.393 e. The summed E-state index contributed by atoms with van der Waals surface area (Å²) < 4.78 is 0. The van der Waals surface area contributed by atoms with Crippen LogP contribution in [0.25, 0.3) is 0 Å². The van der Waals surface area contributed by atoms with Crippen molar-refractivity contribution in [3.05, 3.63) is 0 Å². The molecule has 2 nitrogen and oxygen atoms in total. The van der Waals surface area contributed by atoms with E-state index in [4.69, 9.17) is 0 Å². The Hall–Kier alpha value is -0.0800. The van der Waals surface area contributed by atoms with E-state index in [0.717, 1.165) is 25.7 Å². The van der Waals surface area contributed by atoms with Crippen LogP contribution in [-0.2, 0) is 0 Å². The average Bonchev–Trinajstić information content (AvgIpc) is 2.06. The fourth-order valence-corrected chi connectivity index (χ4v) is 2.73. The van der Waals surface area contributed by atoms with E-state index in [0.29, 0.717) is 17.3 Å². The van der Waals surface area contributed by atoms with E-state index in [-0.39, 0.29) is 12.2 Å². The van der Waals surface area contributed by atoms with Crippen molar-refractivity contribution in [2.75, 3.05) is 0 Å². The van der Waals surface area contributed by atoms with Crippen LogP contribution < -0.4 is 0 Å². The first-order valence-corrected chi connectivity index (χ1v) is 6.17. The lowest BCUT2D eigenvalue weighted by Crippen LogP contribution is -2.36. The average molecular weight is 214 g/mol. The molecule has 1 aliphatic carbocycles. The van der Waals surface area contributed by atoms with Crippen LogP contribution in [-0.4, -0.2) is 22.4 Å². The van der Waals surface area contributed by atoms with Gasteiger partial charge in [0.25, 0.3) is 0 Å². The molecule has 0 spiro atoms. The molecule has 0 aromatic carbocycles. The number of aliphatic hydroxyl groups excluding tert-OH is 2. The molecule has 2 heteroatoms. The molecule has 90 valence electrons. The molecule has 4 atom stereocenters. The third-order valence-electron chi connectivity index (χ3n) is 3.81. The third-order valence-corrected chi connectivity index (χ3v) is 3.81. The lowest BCUT2D eigenvalue weighted by Gasteiger charge is -2.40. The monoisotopic (exact) mass is 214 g/mol. The molecule has 1 rings (SSSR count). The second-order valence-corrected chi connectivity index (χ2v) is 6.29. The summed E-state index contributed by atoms with van der Waals surface area (Å²) in [5.41, 5.74) is 0.330. The Morgan fingerprint density at radius 2 is 1.87 bits per heavy atom. The number of hydrogen-bond donors (Lipinski definition) is 2. The van der Waals surface area contributed by atoms with Gasteiger partial charge in [-0.3, -0.25) is 0 Å². The summed E-state index contributed by atoms with van der Waals surface area (Å²) >= 11 is 0. The van der Waals surface area contributed by atoms with E-state index in [1.54, 1.807) is 0 Å². The van der Waals surface area contributed by atoms with Crippen molar-refractivity contribution in [1.82, 2.24) is 0 Å². The second-order valence-electron chi connectivity index (χ2n) is 6.29. The number of hydrogen-bond acceptors (Lipinski definition) is 2. The minimum absolute atomic E-state index is 0.196. The van der Waals surface area contributed by atoms with Crippen LogP contribution in [0.5, 0.6) is 0 Å². The lowest BCUT2D eigenvalue weighted by atomic mass is 9.67. The van der Waals surface area contributed by atoms with Gasteiger partial charge >= 0.3 is 0 Å². The minimum atomic E-state index is -0.289. The van der Waals surface area contributed by atoms with Crippen LogP contribution in [0.15, 0.2) is 0 Å². The van der Waals surface area contributed by atoms with Gasteiger partial charge in [0.15, 0.2) is 0 Å². The molecule has 1 aliphatic rings. The standard InChI is InChI=1S/C13H26O2/c1-9(14)7-10-8-11(13(2,3)4)5-6-12(10)15/h9-12,14-15H,5-8H2,1-4H3. The quantitative estimate of drug-likeness (QED) is 0.741. The Morgan fingerprint density at radius 1 is 1.27 bits per heavy atom. The maximum atomic E-state index is 9.89. The molecule has 0 saturated heterocycles. The molecule has 15 heavy (non-hydrogen) atoms. The van der Waals surface area contributed by atoms with Gasteiger partial charge in [-0.25, -0.2) is 0 Å². The van der Waals surface area contributed by atoms with E-state index in [2.05, 4.69) is 20.8 Å². The SMILES string of the molecule is CC(O)CC1CC(C(C)(C)C)CCC1O. The number of rotatable bonds is 2. The van der Waals surface area contributed by atoms with Gasteiger partial charge in [-0.15, -0.1) is 0 Å². The molecule has 0 aromatic heterocycles. The molecule has 2 N–H and O–H groups in total. The van der Waals surface area contributed by atoms with Gasteiger partial charge in [-0.2, -0.15) is 0 Å². The van der Waals surface area contributed by atoms with Crippen LogP contribution in [0.1, 0.15) is 53.4 Å². The lowest BCUT2D eigenvalue weighted by molar-refractivity contribution is -0.00183. The van der Waals surface area contributed by atoms with Crippen molar-refractivity contribution in [2.24, 2.45) is 17.3 Å². The van der Waals surface area contributed by atoms with Crippen LogP contribution in [0.2, 0.25) is 0 Å². The molecule has 1 fully saturated rings. The van der Waals surface area contributed by atoms with Gasteiger partial charge in [0.2, 0.25) is 0 Å². The highest BCUT2D eigenvalue weighted by molar-refractivity contribution is 4.86. The Kier molecular flexibility index (Phi) is 4.19. The highest BCUT2D eigenvalue weighted by Gasteiger charge is 2.35. The van der Waals surface area contributed by atoms with E-state index >= 15 is 0 Å². The van der Waals surface area contributed by atoms with Crippen LogP contribution in [0.4, 0.5) is 0 Å². The van der Waals surface area contributed by atoms with Crippen LogP contribution in [0.3, 0.4) is 0 Å². The molecule has 0 heterocycles. The highest BCUT2D eigenvalue weighted by Crippen LogP contribution is 2.41. The van der Waals surface area contributed by atoms with Crippen molar-refractivity contribution in [3.8, 4) is 0 Å². The van der Waals surface area contributed by atoms with Crippen molar-refractivity contribution < 1.29 is 10.2 Å². The van der Waals surface area contributed by atoms with E-state index < -0.39 is 0 Å². The fraction of sp³-hybridized carbons (Fsp3) is 1.00. The summed E-state index contributed by atoms with van der Waals surface area (Å²) in [6.45, 7) is 8.63. The predicted molar refractivity (Wildman–Crippen MR) is 62.6 cm³/mol. The zero-order valence-corrected chi connectivity index (χ0v) is 10.5. The Morgan fingerprint density at radius 3 is 2.33 bits per heavy atom. The van der Waals surface area contributed by atoms with E-state index in [9.17, 15) is 10.2 Å². The zero-order chi connectivity index (χ0) is 11.6. The molecule has 0 aromatic rings. The summed E-state index contributed by atoms with van der Waals surface area (Å²) in [5, 5.41) is 19.3. The molecule has 1 saturated carbocycles. The summed E-state index contributed by atoms with van der Waals surface area (Å²) in [6.07, 6.45) is 3.35. The molecule has 0 aliphatic heterocycles. The summed E-state index contributed by atoms with van der Waals surface area (Å²) in [4.78, 5) is 0. The van der Waals surface area contributed by atoms with Crippen molar-refractivity contribution in [2.45, 2.75) is 65.6 Å². The first kappa shape index (κ1) is 13.0. The molecule has 4 unspecified atom stereocenters. The van der Waals surface area contributed by atoms with Gasteiger partial charge in [-0.1, -0.05) is 20.8 Å². The van der Waals surface area contributed by atoms with Crippen LogP contribution in [0, 0.1) is 17.3 Å². The molecular weight excluding hydrogens is 188 g/mol. The van der Waals surface area contributed by atoms with Crippen molar-refractivity contribution >= 4 is 0 Å². The van der Waals surface area contributed by atoms with Crippen molar-refractivity contribution in [3.63, 3.8) is 0 Å². The topological polar surface area (TPSA) is 40.5 Å². The second kappa shape index (κ2) is 4.84. The molecule has 0 bridgehead atoms. The summed E-state index contributed by atoms with van der Waals surface area (Å²) in [7, 11) is 0. The zero-order valence-electron chi connectivity index (χ0n) is 10.5. The van der Waals surface area contributed by atoms with Gasteiger partial charge in [0, 0.05) is 0 Å². The van der Waals surface area contributed by atoms with Crippen LogP contribution >= 0.6 is 0 Å². The summed E-state index contributed by atoms with van der Waals surface area (Å²) in [5.74, 6) is 0.979. The van der Waals surface area contributed by atoms with E-state index in [1.807, 2.05) is 6.92 Å². The fourth-order valence-electron chi connectivity index (χ4n) is 2.73. The third kappa shape index (κ3) is 3.76. The van der Waals surface area contributed by atoms with Gasteiger partial charge in [0.1, 0.15) is 0 Å². The minimum Gasteiger partial charge on any atom is -0.393 e. The first-order valence-electron chi connectivity index (χ1n) is 6.17. The Bertz CT molecular complexity index is 193. The molecule has 0 radical (unpaired) electrons. The Balaban J connectivity index is 2.56. The number of aliphatic hydroxyl groups is 2. The molecule has 0 amide bonds.